The fraction of sp³-hybridized carbons (Fsp3) is 0.303. The zero-order valence-electron chi connectivity index (χ0n) is 23.9. The van der Waals surface area contributed by atoms with E-state index in [1.807, 2.05) is 44.2 Å². The predicted octanol–water partition coefficient (Wildman–Crippen LogP) is 6.29. The first kappa shape index (κ1) is 29.2. The van der Waals surface area contributed by atoms with E-state index in [9.17, 15) is 19.5 Å². The van der Waals surface area contributed by atoms with Gasteiger partial charge in [-0.1, -0.05) is 67.9 Å². The van der Waals surface area contributed by atoms with E-state index in [0.29, 0.717) is 52.0 Å². The van der Waals surface area contributed by atoms with E-state index < -0.39 is 6.04 Å². The molecule has 0 fully saturated rings. The molecule has 0 saturated heterocycles. The number of amides is 2. The highest BCUT2D eigenvalue weighted by molar-refractivity contribution is 6.31. The second-order valence-corrected chi connectivity index (χ2v) is 11.8. The number of phenolic OH excluding ortho intramolecular Hbond substituents is 1. The van der Waals surface area contributed by atoms with Crippen molar-refractivity contribution in [3.05, 3.63) is 94.1 Å². The molecule has 0 aromatic heterocycles. The number of allylic oxidation sites excluding steroid dienone is 1. The maximum atomic E-state index is 14.0. The molecule has 3 aromatic rings. The van der Waals surface area contributed by atoms with Crippen LogP contribution in [0.2, 0.25) is 5.02 Å². The van der Waals surface area contributed by atoms with E-state index in [1.54, 1.807) is 30.3 Å². The number of nitrogens with one attached hydrogen (secondary N) is 2. The Labute approximate surface area is 250 Å². The SMILES string of the molecule is CNC(=O)CCC(=O)N1c2cccc(O)c2NC2=C(C(=O)CC(C)(C)C2)C1c1ccc(OCc2ccccc2)cc1Cl. The second kappa shape index (κ2) is 11.9. The van der Waals surface area contributed by atoms with Crippen molar-refractivity contribution in [3.8, 4) is 11.5 Å². The number of Topliss-reactive ketones (excluding diaryl/α,β-unsaturated/α-hetero) is 1. The van der Waals surface area contributed by atoms with Crippen LogP contribution in [0.5, 0.6) is 11.5 Å². The molecule has 1 aliphatic heterocycles. The summed E-state index contributed by atoms with van der Waals surface area (Å²) in [5.41, 5.74) is 2.96. The van der Waals surface area contributed by atoms with Gasteiger partial charge >= 0.3 is 0 Å². The number of carbonyl (C=O) groups excluding carboxylic acids is 3. The second-order valence-electron chi connectivity index (χ2n) is 11.4. The Kier molecular flexibility index (Phi) is 8.27. The summed E-state index contributed by atoms with van der Waals surface area (Å²) in [5.74, 6) is -0.298. The normalized spacial score (nSPS) is 17.5. The molecule has 3 aromatic carbocycles. The summed E-state index contributed by atoms with van der Waals surface area (Å²) in [7, 11) is 1.51. The molecule has 218 valence electrons. The molecule has 0 radical (unpaired) electrons. The molecule has 2 aliphatic rings. The lowest BCUT2D eigenvalue weighted by Gasteiger charge is -2.37. The topological polar surface area (TPSA) is 108 Å². The molecule has 3 N–H and O–H groups in total. The Bertz CT molecular complexity index is 1570. The first-order valence-corrected chi connectivity index (χ1v) is 14.3. The van der Waals surface area contributed by atoms with Gasteiger partial charge in [-0.15, -0.1) is 0 Å². The molecule has 1 unspecified atom stereocenters. The van der Waals surface area contributed by atoms with Crippen LogP contribution >= 0.6 is 11.6 Å². The lowest BCUT2D eigenvalue weighted by molar-refractivity contribution is -0.125. The fourth-order valence-electron chi connectivity index (χ4n) is 5.64. The maximum absolute atomic E-state index is 14.0. The van der Waals surface area contributed by atoms with Crippen LogP contribution in [0.1, 0.15) is 56.7 Å². The molecule has 5 rings (SSSR count). The molecule has 1 aliphatic carbocycles. The van der Waals surface area contributed by atoms with Crippen molar-refractivity contribution in [1.82, 2.24) is 5.32 Å². The van der Waals surface area contributed by atoms with E-state index in [4.69, 9.17) is 16.3 Å². The van der Waals surface area contributed by atoms with Crippen molar-refractivity contribution in [2.45, 2.75) is 52.2 Å². The highest BCUT2D eigenvalue weighted by Gasteiger charge is 2.44. The maximum Gasteiger partial charge on any atom is 0.228 e. The Morgan fingerprint density at radius 3 is 2.55 bits per heavy atom. The van der Waals surface area contributed by atoms with Crippen LogP contribution in [-0.2, 0) is 21.0 Å². The van der Waals surface area contributed by atoms with E-state index in [2.05, 4.69) is 10.6 Å². The van der Waals surface area contributed by atoms with E-state index in [-0.39, 0.29) is 48.0 Å². The van der Waals surface area contributed by atoms with Crippen molar-refractivity contribution < 1.29 is 24.2 Å². The number of carbonyl (C=O) groups is 3. The highest BCUT2D eigenvalue weighted by Crippen LogP contribution is 2.51. The van der Waals surface area contributed by atoms with Crippen molar-refractivity contribution >= 4 is 40.6 Å². The third-order valence-corrected chi connectivity index (χ3v) is 7.96. The largest absolute Gasteiger partial charge is 0.506 e. The molecular formula is C33H34ClN3O5. The van der Waals surface area contributed by atoms with Gasteiger partial charge in [0.1, 0.15) is 23.8 Å². The number of ketones is 1. The Balaban J connectivity index is 1.64. The van der Waals surface area contributed by atoms with Gasteiger partial charge in [-0.3, -0.25) is 19.3 Å². The molecule has 0 bridgehead atoms. The summed E-state index contributed by atoms with van der Waals surface area (Å²) in [6.07, 6.45) is 0.660. The van der Waals surface area contributed by atoms with Crippen LogP contribution in [0.4, 0.5) is 11.4 Å². The number of hydrogen-bond acceptors (Lipinski definition) is 6. The number of hydrogen-bond donors (Lipinski definition) is 3. The summed E-state index contributed by atoms with van der Waals surface area (Å²) in [6, 6.07) is 19.0. The molecule has 0 saturated carbocycles. The van der Waals surface area contributed by atoms with Crippen molar-refractivity contribution in [2.75, 3.05) is 17.3 Å². The van der Waals surface area contributed by atoms with Crippen molar-refractivity contribution in [2.24, 2.45) is 5.41 Å². The predicted molar refractivity (Wildman–Crippen MR) is 163 cm³/mol. The Morgan fingerprint density at radius 1 is 1.07 bits per heavy atom. The minimum Gasteiger partial charge on any atom is -0.506 e. The monoisotopic (exact) mass is 587 g/mol. The van der Waals surface area contributed by atoms with Gasteiger partial charge in [-0.05, 0) is 47.2 Å². The van der Waals surface area contributed by atoms with Crippen LogP contribution in [0.25, 0.3) is 0 Å². The van der Waals surface area contributed by atoms with Crippen LogP contribution in [0, 0.1) is 5.41 Å². The van der Waals surface area contributed by atoms with Gasteiger partial charge in [0.25, 0.3) is 0 Å². The number of anilines is 2. The summed E-state index contributed by atoms with van der Waals surface area (Å²) in [5, 5.41) is 17.1. The van der Waals surface area contributed by atoms with Crippen LogP contribution in [0.15, 0.2) is 78.0 Å². The molecule has 1 atom stereocenters. The van der Waals surface area contributed by atoms with Crippen LogP contribution < -0.4 is 20.3 Å². The molecule has 1 heterocycles. The average molecular weight is 588 g/mol. The number of rotatable bonds is 7. The lowest BCUT2D eigenvalue weighted by atomic mass is 9.73. The summed E-state index contributed by atoms with van der Waals surface area (Å²) >= 11 is 6.93. The summed E-state index contributed by atoms with van der Waals surface area (Å²) < 4.78 is 5.98. The molecule has 0 spiro atoms. The van der Waals surface area contributed by atoms with E-state index in [0.717, 1.165) is 5.56 Å². The zero-order chi connectivity index (χ0) is 30.0. The minimum atomic E-state index is -0.896. The third-order valence-electron chi connectivity index (χ3n) is 7.64. The molecule has 9 heteroatoms. The quantitative estimate of drug-likeness (QED) is 0.280. The molecular weight excluding hydrogens is 554 g/mol. The lowest BCUT2D eigenvalue weighted by Crippen LogP contribution is -2.40. The number of fused-ring (bicyclic) bond motifs is 1. The van der Waals surface area contributed by atoms with Gasteiger partial charge in [0.2, 0.25) is 11.8 Å². The number of nitrogens with zero attached hydrogens (tertiary/aromatic N) is 1. The highest BCUT2D eigenvalue weighted by atomic mass is 35.5. The van der Waals surface area contributed by atoms with Crippen molar-refractivity contribution in [1.29, 1.82) is 0 Å². The number of ether oxygens (including phenoxy) is 1. The van der Waals surface area contributed by atoms with E-state index >= 15 is 0 Å². The van der Waals surface area contributed by atoms with Crippen LogP contribution in [-0.4, -0.2) is 29.8 Å². The van der Waals surface area contributed by atoms with Crippen LogP contribution in [0.3, 0.4) is 0 Å². The average Bonchev–Trinajstić information content (AvgIpc) is 3.10. The summed E-state index contributed by atoms with van der Waals surface area (Å²) in [4.78, 5) is 41.5. The minimum absolute atomic E-state index is 0.0347. The van der Waals surface area contributed by atoms with Gasteiger partial charge in [0, 0.05) is 42.6 Å². The smallest absolute Gasteiger partial charge is 0.228 e. The van der Waals surface area contributed by atoms with Crippen molar-refractivity contribution in [3.63, 3.8) is 0 Å². The third kappa shape index (κ3) is 5.99. The van der Waals surface area contributed by atoms with Gasteiger partial charge in [-0.25, -0.2) is 0 Å². The molecule has 2 amide bonds. The number of benzene rings is 3. The number of phenols is 1. The first-order chi connectivity index (χ1) is 20.1. The number of para-hydroxylation sites is 1. The summed E-state index contributed by atoms with van der Waals surface area (Å²) in [6.45, 7) is 4.38. The van der Waals surface area contributed by atoms with E-state index in [1.165, 1.54) is 18.0 Å². The molecule has 42 heavy (non-hydrogen) atoms. The molecule has 8 nitrogen and oxygen atoms in total. The zero-order valence-corrected chi connectivity index (χ0v) is 24.6. The number of aromatic hydroxyl groups is 1. The van der Waals surface area contributed by atoms with Gasteiger partial charge in [0.05, 0.1) is 11.7 Å². The number of halogens is 1. The Morgan fingerprint density at radius 2 is 1.83 bits per heavy atom. The fourth-order valence-corrected chi connectivity index (χ4v) is 5.91. The van der Waals surface area contributed by atoms with Gasteiger partial charge in [0.15, 0.2) is 5.78 Å². The standard InChI is InChI=1S/C33H34ClN3O5/c1-33(2)17-24-30(27(39)18-33)32(22-13-12-21(16-23(22)34)42-19-20-8-5-4-6-9-20)37(29(41)15-14-28(40)35-3)25-10-7-11-26(38)31(25)36-24/h4-13,16,32,36,38H,14-15,17-19H2,1-3H3,(H,35,40). The first-order valence-electron chi connectivity index (χ1n) is 13.9. The van der Waals surface area contributed by atoms with Gasteiger partial charge < -0.3 is 20.5 Å². The Hall–Kier alpha value is -4.30. The van der Waals surface area contributed by atoms with Gasteiger partial charge in [-0.2, -0.15) is 0 Å².